The average Bonchev–Trinajstić information content (AvgIpc) is 2.41. The number of benzene rings is 1. The van der Waals surface area contributed by atoms with E-state index in [4.69, 9.17) is 9.84 Å². The molecule has 6 heteroatoms. The Morgan fingerprint density at radius 3 is 2.71 bits per heavy atom. The number of rotatable bonds is 6. The minimum Gasteiger partial charge on any atom is -0.491 e. The van der Waals surface area contributed by atoms with Crippen LogP contribution in [-0.4, -0.2) is 37.7 Å². The first kappa shape index (κ1) is 17.5. The molecule has 116 valence electrons. The fraction of sp³-hybridized carbons (Fsp3) is 0.467. The van der Waals surface area contributed by atoms with Gasteiger partial charge in [-0.2, -0.15) is 0 Å². The highest BCUT2D eigenvalue weighted by Crippen LogP contribution is 2.19. The van der Waals surface area contributed by atoms with E-state index in [1.807, 2.05) is 0 Å². The van der Waals surface area contributed by atoms with Crippen molar-refractivity contribution in [3.05, 3.63) is 29.6 Å². The Bertz CT molecular complexity index is 627. The van der Waals surface area contributed by atoms with Gasteiger partial charge < -0.3 is 9.84 Å². The van der Waals surface area contributed by atoms with Crippen LogP contribution in [0.5, 0.6) is 5.75 Å². The van der Waals surface area contributed by atoms with Crippen molar-refractivity contribution in [1.82, 2.24) is 0 Å². The van der Waals surface area contributed by atoms with Crippen LogP contribution in [-0.2, 0) is 9.84 Å². The van der Waals surface area contributed by atoms with Crippen LogP contribution in [0.3, 0.4) is 0 Å². The molecule has 0 spiro atoms. The van der Waals surface area contributed by atoms with Gasteiger partial charge in [-0.1, -0.05) is 11.8 Å². The van der Waals surface area contributed by atoms with Crippen LogP contribution in [0.2, 0.25) is 0 Å². The van der Waals surface area contributed by atoms with E-state index in [1.165, 1.54) is 18.2 Å². The quantitative estimate of drug-likeness (QED) is 0.813. The summed E-state index contributed by atoms with van der Waals surface area (Å²) in [5, 5.41) is 8.22. The van der Waals surface area contributed by atoms with Crippen molar-refractivity contribution in [3.8, 4) is 17.6 Å². The number of ether oxygens (including phenoxy) is 1. The fourth-order valence-corrected chi connectivity index (χ4v) is 2.23. The van der Waals surface area contributed by atoms with Gasteiger partial charge in [0.15, 0.2) is 9.84 Å². The highest BCUT2D eigenvalue weighted by atomic mass is 32.2. The molecule has 0 saturated carbocycles. The number of sulfone groups is 1. The van der Waals surface area contributed by atoms with E-state index >= 15 is 0 Å². The third-order valence-corrected chi connectivity index (χ3v) is 4.92. The lowest BCUT2D eigenvalue weighted by molar-refractivity contribution is 0.305. The largest absolute Gasteiger partial charge is 0.491 e. The second-order valence-electron chi connectivity index (χ2n) is 4.68. The van der Waals surface area contributed by atoms with E-state index in [2.05, 4.69) is 11.8 Å². The molecule has 1 N–H and O–H groups in total. The van der Waals surface area contributed by atoms with Crippen LogP contribution in [0.4, 0.5) is 4.39 Å². The molecule has 21 heavy (non-hydrogen) atoms. The molecule has 0 bridgehead atoms. The van der Waals surface area contributed by atoms with Gasteiger partial charge in [0, 0.05) is 6.42 Å². The van der Waals surface area contributed by atoms with Crippen molar-refractivity contribution in [2.45, 2.75) is 25.5 Å². The summed E-state index contributed by atoms with van der Waals surface area (Å²) in [7, 11) is -3.18. The highest BCUT2D eigenvalue weighted by Gasteiger charge is 2.16. The summed E-state index contributed by atoms with van der Waals surface area (Å²) >= 11 is 0. The molecule has 0 atom stereocenters. The van der Waals surface area contributed by atoms with Gasteiger partial charge in [0.1, 0.15) is 18.2 Å². The molecule has 0 heterocycles. The Kier molecular flexibility index (Phi) is 6.66. The fourth-order valence-electron chi connectivity index (χ4n) is 1.44. The van der Waals surface area contributed by atoms with E-state index in [-0.39, 0.29) is 25.4 Å². The first-order valence-electron chi connectivity index (χ1n) is 6.60. The smallest absolute Gasteiger partial charge is 0.155 e. The molecule has 0 unspecified atom stereocenters. The molecule has 0 aromatic heterocycles. The monoisotopic (exact) mass is 314 g/mol. The Labute approximate surface area is 124 Å². The predicted octanol–water partition coefficient (Wildman–Crippen LogP) is 1.76. The lowest BCUT2D eigenvalue weighted by Gasteiger charge is -2.10. The molecule has 0 radical (unpaired) electrons. The van der Waals surface area contributed by atoms with Crippen LogP contribution in [0.25, 0.3) is 0 Å². The number of hydrogen-bond acceptors (Lipinski definition) is 4. The number of hydrogen-bond donors (Lipinski definition) is 1. The minimum absolute atomic E-state index is 0.0131. The van der Waals surface area contributed by atoms with Gasteiger partial charge in [0.05, 0.1) is 23.2 Å². The molecular formula is C15H19FO4S. The van der Waals surface area contributed by atoms with Gasteiger partial charge in [-0.3, -0.25) is 0 Å². The van der Waals surface area contributed by atoms with Crippen molar-refractivity contribution >= 4 is 9.84 Å². The maximum absolute atomic E-state index is 13.2. The predicted molar refractivity (Wildman–Crippen MR) is 79.4 cm³/mol. The molecule has 1 aromatic carbocycles. The topological polar surface area (TPSA) is 63.6 Å². The molecule has 0 aliphatic carbocycles. The molecule has 4 nitrogen and oxygen atoms in total. The molecular weight excluding hydrogens is 295 g/mol. The third kappa shape index (κ3) is 5.74. The highest BCUT2D eigenvalue weighted by molar-refractivity contribution is 7.91. The maximum atomic E-state index is 13.2. The van der Waals surface area contributed by atoms with Gasteiger partial charge in [0.25, 0.3) is 0 Å². The van der Waals surface area contributed by atoms with Crippen molar-refractivity contribution in [1.29, 1.82) is 0 Å². The summed E-state index contributed by atoms with van der Waals surface area (Å²) in [6.45, 7) is 3.13. The lowest BCUT2D eigenvalue weighted by Crippen LogP contribution is -2.22. The van der Waals surface area contributed by atoms with Crippen LogP contribution in [0, 0.1) is 17.7 Å². The molecule has 1 rings (SSSR count). The number of aliphatic hydroxyl groups is 1. The summed E-state index contributed by atoms with van der Waals surface area (Å²) in [5.41, 5.74) is 0.338. The summed E-state index contributed by atoms with van der Waals surface area (Å²) in [5.74, 6) is 5.16. The number of aliphatic hydroxyl groups excluding tert-OH is 1. The SMILES string of the molecule is CC(C)S(=O)(=O)CCOc1ccc(F)cc1C#CCCO. The second kappa shape index (κ2) is 8.01. The zero-order valence-corrected chi connectivity index (χ0v) is 12.9. The van der Waals surface area contributed by atoms with Gasteiger partial charge in [-0.05, 0) is 32.0 Å². The van der Waals surface area contributed by atoms with Gasteiger partial charge in [-0.15, -0.1) is 0 Å². The average molecular weight is 314 g/mol. The first-order chi connectivity index (χ1) is 9.86. The summed E-state index contributed by atoms with van der Waals surface area (Å²) in [6.07, 6.45) is 0.275. The Balaban J connectivity index is 2.78. The molecule has 0 saturated heterocycles. The van der Waals surface area contributed by atoms with Gasteiger partial charge in [0.2, 0.25) is 0 Å². The van der Waals surface area contributed by atoms with E-state index in [9.17, 15) is 12.8 Å². The summed E-state index contributed by atoms with van der Waals surface area (Å²) in [6, 6.07) is 3.86. The van der Waals surface area contributed by atoms with E-state index < -0.39 is 20.9 Å². The Morgan fingerprint density at radius 2 is 2.10 bits per heavy atom. The molecule has 0 fully saturated rings. The summed E-state index contributed by atoms with van der Waals surface area (Å²) in [4.78, 5) is 0. The second-order valence-corrected chi connectivity index (χ2v) is 7.36. The van der Waals surface area contributed by atoms with Gasteiger partial charge >= 0.3 is 0 Å². The Morgan fingerprint density at radius 1 is 1.38 bits per heavy atom. The van der Waals surface area contributed by atoms with E-state index in [0.29, 0.717) is 11.3 Å². The van der Waals surface area contributed by atoms with Crippen molar-refractivity contribution in [3.63, 3.8) is 0 Å². The molecule has 0 aliphatic heterocycles. The normalized spacial score (nSPS) is 11.1. The standard InChI is InChI=1S/C15H19FO4S/c1-12(2)21(18,19)10-9-20-15-7-6-14(16)11-13(15)5-3-4-8-17/h6-7,11-12,17H,4,8-10H2,1-2H3. The van der Waals surface area contributed by atoms with E-state index in [1.54, 1.807) is 13.8 Å². The first-order valence-corrected chi connectivity index (χ1v) is 8.32. The van der Waals surface area contributed by atoms with Crippen molar-refractivity contribution < 1.29 is 22.7 Å². The maximum Gasteiger partial charge on any atom is 0.155 e. The molecule has 1 aromatic rings. The lowest BCUT2D eigenvalue weighted by atomic mass is 10.2. The van der Waals surface area contributed by atoms with Gasteiger partial charge in [-0.25, -0.2) is 12.8 Å². The zero-order chi connectivity index (χ0) is 15.9. The Hall–Kier alpha value is -1.58. The number of halogens is 1. The third-order valence-electron chi connectivity index (χ3n) is 2.75. The van der Waals surface area contributed by atoms with Crippen molar-refractivity contribution in [2.75, 3.05) is 19.0 Å². The van der Waals surface area contributed by atoms with Crippen LogP contribution in [0.1, 0.15) is 25.8 Å². The van der Waals surface area contributed by atoms with Crippen LogP contribution < -0.4 is 4.74 Å². The molecule has 0 amide bonds. The minimum atomic E-state index is -3.18. The zero-order valence-electron chi connectivity index (χ0n) is 12.1. The molecule has 0 aliphatic rings. The van der Waals surface area contributed by atoms with E-state index in [0.717, 1.165) is 0 Å². The van der Waals surface area contributed by atoms with Crippen molar-refractivity contribution in [2.24, 2.45) is 0 Å². The summed E-state index contributed by atoms with van der Waals surface area (Å²) < 4.78 is 42.0. The van der Waals surface area contributed by atoms with Crippen LogP contribution in [0.15, 0.2) is 18.2 Å². The van der Waals surface area contributed by atoms with Crippen LogP contribution >= 0.6 is 0 Å².